The van der Waals surface area contributed by atoms with E-state index in [-0.39, 0.29) is 11.4 Å². The Morgan fingerprint density at radius 1 is 1.11 bits per heavy atom. The fraction of sp³-hybridized carbons (Fsp3) is 0.364. The van der Waals surface area contributed by atoms with Gasteiger partial charge in [0.1, 0.15) is 5.82 Å². The van der Waals surface area contributed by atoms with Gasteiger partial charge in [-0.25, -0.2) is 4.39 Å². The van der Waals surface area contributed by atoms with Crippen LogP contribution in [-0.4, -0.2) is 32.1 Å². The lowest BCUT2D eigenvalue weighted by Crippen LogP contribution is -2.58. The molecule has 5 nitrogen and oxygen atoms in total. The number of aromatic amines is 1. The predicted octanol–water partition coefficient (Wildman–Crippen LogP) is 3.94. The molecule has 1 aromatic carbocycles. The minimum Gasteiger partial charge on any atom is -0.390 e. The molecule has 0 saturated heterocycles. The SMILES string of the molecule is O=C(NC12CCC(O)(CC1)CC2)c1ccc(-c2nccc3[nH]ccc23)c(F)c1. The van der Waals surface area contributed by atoms with Crippen molar-refractivity contribution in [2.75, 3.05) is 0 Å². The summed E-state index contributed by atoms with van der Waals surface area (Å²) >= 11 is 0. The second-order valence-electron chi connectivity index (χ2n) is 8.25. The zero-order chi connectivity index (χ0) is 19.4. The minimum absolute atomic E-state index is 0.259. The third-order valence-corrected chi connectivity index (χ3v) is 6.55. The molecule has 3 aliphatic carbocycles. The second-order valence-corrected chi connectivity index (χ2v) is 8.25. The lowest BCUT2D eigenvalue weighted by Gasteiger charge is -2.51. The Hall–Kier alpha value is -2.73. The molecule has 3 aromatic rings. The van der Waals surface area contributed by atoms with Crippen LogP contribution < -0.4 is 5.32 Å². The number of nitrogens with one attached hydrogen (secondary N) is 2. The maximum atomic E-state index is 14.9. The summed E-state index contributed by atoms with van der Waals surface area (Å²) in [6.07, 6.45) is 7.90. The number of H-pyrrole nitrogens is 1. The molecular formula is C22H22FN3O2. The van der Waals surface area contributed by atoms with E-state index in [4.69, 9.17) is 0 Å². The van der Waals surface area contributed by atoms with Crippen LogP contribution in [0, 0.1) is 5.82 Å². The van der Waals surface area contributed by atoms with Crippen LogP contribution in [0.25, 0.3) is 22.2 Å². The molecule has 0 aliphatic heterocycles. The Balaban J connectivity index is 1.41. The molecule has 0 spiro atoms. The number of carbonyl (C=O) groups excluding carboxylic acids is 1. The number of carbonyl (C=O) groups is 1. The molecule has 28 heavy (non-hydrogen) atoms. The summed E-state index contributed by atoms with van der Waals surface area (Å²) in [5.74, 6) is -0.724. The molecule has 3 fully saturated rings. The average molecular weight is 379 g/mol. The van der Waals surface area contributed by atoms with Gasteiger partial charge in [0.2, 0.25) is 0 Å². The van der Waals surface area contributed by atoms with E-state index in [0.717, 1.165) is 30.2 Å². The summed E-state index contributed by atoms with van der Waals surface area (Å²) in [7, 11) is 0. The highest BCUT2D eigenvalue weighted by Crippen LogP contribution is 2.46. The van der Waals surface area contributed by atoms with E-state index in [2.05, 4.69) is 15.3 Å². The Bertz CT molecular complexity index is 1050. The zero-order valence-corrected chi connectivity index (χ0v) is 15.5. The first-order chi connectivity index (χ1) is 13.5. The number of aliphatic hydroxyl groups is 1. The van der Waals surface area contributed by atoms with Crippen LogP contribution in [0.5, 0.6) is 0 Å². The molecule has 2 aromatic heterocycles. The fourth-order valence-corrected chi connectivity index (χ4v) is 4.71. The summed E-state index contributed by atoms with van der Waals surface area (Å²) in [6.45, 7) is 0. The molecule has 6 heteroatoms. The topological polar surface area (TPSA) is 78.0 Å². The quantitative estimate of drug-likeness (QED) is 0.645. The number of pyridine rings is 1. The van der Waals surface area contributed by atoms with Crippen molar-refractivity contribution < 1.29 is 14.3 Å². The first-order valence-corrected chi connectivity index (χ1v) is 9.74. The van der Waals surface area contributed by atoms with Crippen LogP contribution in [-0.2, 0) is 0 Å². The Morgan fingerprint density at radius 2 is 1.86 bits per heavy atom. The highest BCUT2D eigenvalue weighted by molar-refractivity contribution is 5.97. The largest absolute Gasteiger partial charge is 0.390 e. The number of hydrogen-bond acceptors (Lipinski definition) is 3. The van der Waals surface area contributed by atoms with Crippen molar-refractivity contribution in [3.63, 3.8) is 0 Å². The molecule has 0 unspecified atom stereocenters. The van der Waals surface area contributed by atoms with Crippen LogP contribution in [0.15, 0.2) is 42.7 Å². The van der Waals surface area contributed by atoms with Crippen LogP contribution in [0.2, 0.25) is 0 Å². The molecule has 3 saturated carbocycles. The van der Waals surface area contributed by atoms with E-state index in [0.29, 0.717) is 36.1 Å². The van der Waals surface area contributed by atoms with E-state index in [1.54, 1.807) is 24.5 Å². The number of fused-ring (bicyclic) bond motifs is 4. The Morgan fingerprint density at radius 3 is 2.57 bits per heavy atom. The third kappa shape index (κ3) is 2.79. The maximum absolute atomic E-state index is 14.9. The van der Waals surface area contributed by atoms with Gasteiger partial charge >= 0.3 is 0 Å². The summed E-state index contributed by atoms with van der Waals surface area (Å²) in [5.41, 5.74) is 1.31. The number of hydrogen-bond donors (Lipinski definition) is 3. The first-order valence-electron chi connectivity index (χ1n) is 9.74. The highest BCUT2D eigenvalue weighted by atomic mass is 19.1. The van der Waals surface area contributed by atoms with Gasteiger partial charge in [-0.1, -0.05) is 0 Å². The van der Waals surface area contributed by atoms with Gasteiger partial charge in [-0.2, -0.15) is 0 Å². The number of aromatic nitrogens is 2. The monoisotopic (exact) mass is 379 g/mol. The average Bonchev–Trinajstić information content (AvgIpc) is 3.18. The third-order valence-electron chi connectivity index (χ3n) is 6.55. The van der Waals surface area contributed by atoms with E-state index >= 15 is 0 Å². The Labute approximate surface area is 162 Å². The van der Waals surface area contributed by atoms with E-state index in [1.165, 1.54) is 6.07 Å². The number of nitrogens with zero attached hydrogens (tertiary/aromatic N) is 1. The van der Waals surface area contributed by atoms with Crippen LogP contribution in [0.3, 0.4) is 0 Å². The maximum Gasteiger partial charge on any atom is 0.251 e. The molecule has 144 valence electrons. The summed E-state index contributed by atoms with van der Waals surface area (Å²) < 4.78 is 14.9. The molecule has 0 atom stereocenters. The van der Waals surface area contributed by atoms with Gasteiger partial charge in [0.05, 0.1) is 11.3 Å². The second kappa shape index (κ2) is 6.14. The van der Waals surface area contributed by atoms with Crippen molar-refractivity contribution in [1.29, 1.82) is 0 Å². The van der Waals surface area contributed by atoms with Crippen molar-refractivity contribution in [3.8, 4) is 11.3 Å². The first kappa shape index (κ1) is 17.4. The molecule has 6 rings (SSSR count). The summed E-state index contributed by atoms with van der Waals surface area (Å²) in [4.78, 5) is 20.2. The van der Waals surface area contributed by atoms with Crippen LogP contribution in [0.1, 0.15) is 48.9 Å². The molecule has 3 N–H and O–H groups in total. The standard InChI is InChI=1S/C22H22FN3O2/c23-17-13-14(20(27)26-21-5-8-22(28,9-6-21)10-7-21)1-2-15(17)19-16-3-11-24-18(16)4-12-25-19/h1-4,11-13,24,28H,5-10H2,(H,26,27). The Kier molecular flexibility index (Phi) is 3.81. The molecule has 2 heterocycles. The summed E-state index contributed by atoms with van der Waals surface area (Å²) in [6, 6.07) is 8.27. The normalized spacial score (nSPS) is 26.5. The minimum atomic E-state index is -0.549. The van der Waals surface area contributed by atoms with Gasteiger partial charge in [-0.3, -0.25) is 9.78 Å². The van der Waals surface area contributed by atoms with Gasteiger partial charge in [0, 0.05) is 40.0 Å². The number of rotatable bonds is 3. The van der Waals surface area contributed by atoms with Crippen molar-refractivity contribution in [2.45, 2.75) is 49.7 Å². The lowest BCUT2D eigenvalue weighted by molar-refractivity contribution is -0.0702. The fourth-order valence-electron chi connectivity index (χ4n) is 4.71. The number of halogens is 1. The van der Waals surface area contributed by atoms with Crippen LogP contribution >= 0.6 is 0 Å². The summed E-state index contributed by atoms with van der Waals surface area (Å²) in [5, 5.41) is 14.3. The van der Waals surface area contributed by atoms with Crippen molar-refractivity contribution in [3.05, 3.63) is 54.1 Å². The van der Waals surface area contributed by atoms with Gasteiger partial charge in [-0.15, -0.1) is 0 Å². The van der Waals surface area contributed by atoms with Crippen molar-refractivity contribution in [2.24, 2.45) is 0 Å². The van der Waals surface area contributed by atoms with Gasteiger partial charge in [-0.05, 0) is 68.9 Å². The van der Waals surface area contributed by atoms with Gasteiger partial charge in [0.15, 0.2) is 0 Å². The zero-order valence-electron chi connectivity index (χ0n) is 15.5. The lowest BCUT2D eigenvalue weighted by atomic mass is 9.63. The van der Waals surface area contributed by atoms with Crippen molar-refractivity contribution in [1.82, 2.24) is 15.3 Å². The van der Waals surface area contributed by atoms with Crippen LogP contribution in [0.4, 0.5) is 4.39 Å². The molecule has 2 bridgehead atoms. The number of amides is 1. The van der Waals surface area contributed by atoms with E-state index in [1.807, 2.05) is 12.1 Å². The van der Waals surface area contributed by atoms with E-state index in [9.17, 15) is 14.3 Å². The van der Waals surface area contributed by atoms with E-state index < -0.39 is 11.4 Å². The molecule has 0 radical (unpaired) electrons. The molecule has 3 aliphatic rings. The highest BCUT2D eigenvalue weighted by Gasteiger charge is 2.48. The smallest absolute Gasteiger partial charge is 0.251 e. The van der Waals surface area contributed by atoms with Gasteiger partial charge in [0.25, 0.3) is 5.91 Å². The van der Waals surface area contributed by atoms with Gasteiger partial charge < -0.3 is 15.4 Å². The molecular weight excluding hydrogens is 357 g/mol. The number of benzene rings is 1. The predicted molar refractivity (Wildman–Crippen MR) is 104 cm³/mol. The van der Waals surface area contributed by atoms with Crippen molar-refractivity contribution >= 4 is 16.8 Å². The molecule has 1 amide bonds.